The van der Waals surface area contributed by atoms with Crippen molar-refractivity contribution >= 4 is 5.96 Å². The molecule has 2 heterocycles. The van der Waals surface area contributed by atoms with E-state index in [4.69, 9.17) is 0 Å². The highest BCUT2D eigenvalue weighted by Gasteiger charge is 2.17. The predicted octanol–water partition coefficient (Wildman–Crippen LogP) is 1.66. The van der Waals surface area contributed by atoms with Gasteiger partial charge in [0.1, 0.15) is 0 Å². The van der Waals surface area contributed by atoms with Crippen LogP contribution < -0.4 is 10.6 Å². The summed E-state index contributed by atoms with van der Waals surface area (Å²) in [5.74, 6) is 0.876. The molecule has 0 aliphatic carbocycles. The van der Waals surface area contributed by atoms with Gasteiger partial charge in [-0.3, -0.25) is 14.9 Å². The van der Waals surface area contributed by atoms with Crippen molar-refractivity contribution in [1.29, 1.82) is 0 Å². The van der Waals surface area contributed by atoms with E-state index >= 15 is 0 Å². The van der Waals surface area contributed by atoms with E-state index in [0.29, 0.717) is 0 Å². The van der Waals surface area contributed by atoms with Crippen LogP contribution in [0.1, 0.15) is 31.9 Å². The molecule has 1 aromatic rings. The number of nitrogens with one attached hydrogen (secondary N) is 2. The van der Waals surface area contributed by atoms with Crippen LogP contribution >= 0.6 is 0 Å². The van der Waals surface area contributed by atoms with Crippen molar-refractivity contribution in [2.75, 3.05) is 33.2 Å². The molecule has 22 heavy (non-hydrogen) atoms. The molecule has 1 aliphatic heterocycles. The molecule has 0 radical (unpaired) electrons. The maximum Gasteiger partial charge on any atom is 0.191 e. The minimum atomic E-state index is 0.717. The summed E-state index contributed by atoms with van der Waals surface area (Å²) in [6, 6.07) is 6.73. The second-order valence-corrected chi connectivity index (χ2v) is 5.88. The topological polar surface area (TPSA) is 52.6 Å². The highest BCUT2D eigenvalue weighted by atomic mass is 15.2. The third-order valence-corrected chi connectivity index (χ3v) is 4.26. The van der Waals surface area contributed by atoms with Crippen LogP contribution in [0.5, 0.6) is 0 Å². The predicted molar refractivity (Wildman–Crippen MR) is 92.2 cm³/mol. The van der Waals surface area contributed by atoms with Crippen LogP contribution in [0.25, 0.3) is 0 Å². The normalized spacial score (nSPS) is 19.9. The number of pyridine rings is 1. The summed E-state index contributed by atoms with van der Waals surface area (Å²) < 4.78 is 0. The molecule has 0 spiro atoms. The number of piperidine rings is 1. The number of aromatic nitrogens is 1. The first-order chi connectivity index (χ1) is 10.8. The van der Waals surface area contributed by atoms with Crippen LogP contribution in [-0.4, -0.2) is 55.1 Å². The summed E-state index contributed by atoms with van der Waals surface area (Å²) in [7, 11) is 1.82. The Kier molecular flexibility index (Phi) is 7.16. The van der Waals surface area contributed by atoms with E-state index in [1.54, 1.807) is 0 Å². The molecular weight excluding hydrogens is 274 g/mol. The Balaban J connectivity index is 1.62. The number of rotatable bonds is 6. The molecule has 0 amide bonds. The summed E-state index contributed by atoms with van der Waals surface area (Å²) in [6.45, 7) is 6.43. The first kappa shape index (κ1) is 16.7. The maximum absolute atomic E-state index is 4.33. The van der Waals surface area contributed by atoms with E-state index in [2.05, 4.69) is 38.5 Å². The maximum atomic E-state index is 4.33. The van der Waals surface area contributed by atoms with E-state index in [-0.39, 0.29) is 0 Å². The Labute approximate surface area is 134 Å². The van der Waals surface area contributed by atoms with Crippen molar-refractivity contribution in [3.63, 3.8) is 0 Å². The van der Waals surface area contributed by atoms with E-state index < -0.39 is 0 Å². The van der Waals surface area contributed by atoms with Crippen LogP contribution in [0.15, 0.2) is 29.4 Å². The Morgan fingerprint density at radius 1 is 1.32 bits per heavy atom. The Morgan fingerprint density at radius 3 is 2.91 bits per heavy atom. The Hall–Kier alpha value is -1.62. The number of hydrogen-bond acceptors (Lipinski definition) is 3. The van der Waals surface area contributed by atoms with E-state index in [9.17, 15) is 0 Å². The lowest BCUT2D eigenvalue weighted by Gasteiger charge is -2.33. The summed E-state index contributed by atoms with van der Waals surface area (Å²) in [4.78, 5) is 11.2. The average molecular weight is 303 g/mol. The smallest absolute Gasteiger partial charge is 0.191 e. The number of nitrogens with zero attached hydrogens (tertiary/aromatic N) is 3. The van der Waals surface area contributed by atoms with Crippen LogP contribution in [-0.2, 0) is 6.42 Å². The Morgan fingerprint density at radius 2 is 2.18 bits per heavy atom. The van der Waals surface area contributed by atoms with Crippen molar-refractivity contribution in [1.82, 2.24) is 20.5 Å². The van der Waals surface area contributed by atoms with Gasteiger partial charge < -0.3 is 10.6 Å². The van der Waals surface area contributed by atoms with Gasteiger partial charge in [0.05, 0.1) is 0 Å². The lowest BCUT2D eigenvalue weighted by atomic mass is 10.0. The molecule has 1 aromatic heterocycles. The molecule has 2 rings (SSSR count). The molecule has 2 N–H and O–H groups in total. The molecule has 1 fully saturated rings. The number of aliphatic imine (C=N–C) groups is 1. The molecule has 0 aromatic carbocycles. The molecule has 1 atom stereocenters. The van der Waals surface area contributed by atoms with Crippen molar-refractivity contribution in [3.05, 3.63) is 30.1 Å². The van der Waals surface area contributed by atoms with Crippen LogP contribution in [0.3, 0.4) is 0 Å². The van der Waals surface area contributed by atoms with Crippen LogP contribution in [0, 0.1) is 0 Å². The third-order valence-electron chi connectivity index (χ3n) is 4.26. The fourth-order valence-corrected chi connectivity index (χ4v) is 2.88. The molecule has 5 nitrogen and oxygen atoms in total. The zero-order chi connectivity index (χ0) is 15.6. The van der Waals surface area contributed by atoms with Gasteiger partial charge in [-0.25, -0.2) is 0 Å². The lowest BCUT2D eigenvalue weighted by Crippen LogP contribution is -2.45. The number of guanidine groups is 1. The summed E-state index contributed by atoms with van der Waals surface area (Å²) >= 11 is 0. The van der Waals surface area contributed by atoms with Crippen molar-refractivity contribution < 1.29 is 0 Å². The first-order valence-electron chi connectivity index (χ1n) is 8.38. The number of likely N-dealkylation sites (tertiary alicyclic amines) is 1. The van der Waals surface area contributed by atoms with Gasteiger partial charge in [0, 0.05) is 51.0 Å². The van der Waals surface area contributed by atoms with Gasteiger partial charge in [-0.1, -0.05) is 12.5 Å². The quantitative estimate of drug-likeness (QED) is 0.620. The Bertz CT molecular complexity index is 446. The molecule has 0 saturated carbocycles. The largest absolute Gasteiger partial charge is 0.356 e. The van der Waals surface area contributed by atoms with Gasteiger partial charge in [-0.2, -0.15) is 0 Å². The molecule has 122 valence electrons. The van der Waals surface area contributed by atoms with Gasteiger partial charge in [0.15, 0.2) is 5.96 Å². The van der Waals surface area contributed by atoms with Gasteiger partial charge in [0.25, 0.3) is 0 Å². The van der Waals surface area contributed by atoms with Gasteiger partial charge in [-0.05, 0) is 38.4 Å². The monoisotopic (exact) mass is 303 g/mol. The zero-order valence-corrected chi connectivity index (χ0v) is 13.9. The van der Waals surface area contributed by atoms with Gasteiger partial charge >= 0.3 is 0 Å². The van der Waals surface area contributed by atoms with Crippen molar-refractivity contribution in [3.8, 4) is 0 Å². The second kappa shape index (κ2) is 9.41. The summed E-state index contributed by atoms with van der Waals surface area (Å²) in [5.41, 5.74) is 1.10. The van der Waals surface area contributed by atoms with Gasteiger partial charge in [0.2, 0.25) is 0 Å². The summed E-state index contributed by atoms with van der Waals surface area (Å²) in [5, 5.41) is 6.75. The summed E-state index contributed by atoms with van der Waals surface area (Å²) in [6.07, 6.45) is 6.78. The van der Waals surface area contributed by atoms with Crippen LogP contribution in [0.2, 0.25) is 0 Å². The van der Waals surface area contributed by atoms with Crippen LogP contribution in [0.4, 0.5) is 0 Å². The first-order valence-corrected chi connectivity index (χ1v) is 8.38. The standard InChI is InChI=1S/C17H29N5/c1-15-7-4-6-13-22(15)14-12-21-17(18-2)20-11-9-16-8-3-5-10-19-16/h3,5,8,10,15H,4,6-7,9,11-14H2,1-2H3,(H2,18,20,21). The fraction of sp³-hybridized carbons (Fsp3) is 0.647. The average Bonchev–Trinajstić information content (AvgIpc) is 2.56. The molecular formula is C17H29N5. The molecule has 1 unspecified atom stereocenters. The minimum Gasteiger partial charge on any atom is -0.356 e. The van der Waals surface area contributed by atoms with E-state index in [1.165, 1.54) is 25.8 Å². The molecule has 1 aliphatic rings. The third kappa shape index (κ3) is 5.64. The second-order valence-electron chi connectivity index (χ2n) is 5.88. The van der Waals surface area contributed by atoms with E-state index in [1.807, 2.05) is 25.4 Å². The van der Waals surface area contributed by atoms with Gasteiger partial charge in [-0.15, -0.1) is 0 Å². The minimum absolute atomic E-state index is 0.717. The SMILES string of the molecule is CN=C(NCCc1ccccn1)NCCN1CCCCC1C. The highest BCUT2D eigenvalue weighted by Crippen LogP contribution is 2.15. The highest BCUT2D eigenvalue weighted by molar-refractivity contribution is 5.79. The molecule has 5 heteroatoms. The fourth-order valence-electron chi connectivity index (χ4n) is 2.88. The molecule has 1 saturated heterocycles. The lowest BCUT2D eigenvalue weighted by molar-refractivity contribution is 0.163. The number of hydrogen-bond donors (Lipinski definition) is 2. The van der Waals surface area contributed by atoms with Crippen molar-refractivity contribution in [2.45, 2.75) is 38.6 Å². The van der Waals surface area contributed by atoms with E-state index in [0.717, 1.165) is 43.8 Å². The zero-order valence-electron chi connectivity index (χ0n) is 13.9. The molecule has 0 bridgehead atoms. The van der Waals surface area contributed by atoms with Crippen molar-refractivity contribution in [2.24, 2.45) is 4.99 Å².